The van der Waals surface area contributed by atoms with Crippen molar-refractivity contribution in [2.24, 2.45) is 0 Å². The van der Waals surface area contributed by atoms with Crippen LogP contribution in [0.5, 0.6) is 0 Å². The maximum atomic E-state index is 8.99. The second-order valence-corrected chi connectivity index (χ2v) is 6.61. The van der Waals surface area contributed by atoms with Crippen molar-refractivity contribution in [3.63, 3.8) is 0 Å². The summed E-state index contributed by atoms with van der Waals surface area (Å²) in [4.78, 5) is 0. The molecule has 24 heavy (non-hydrogen) atoms. The van der Waals surface area contributed by atoms with Crippen LogP contribution in [0, 0.1) is 14.9 Å². The Morgan fingerprint density at radius 2 is 1.62 bits per heavy atom. The maximum absolute atomic E-state index is 8.99. The second-order valence-electron chi connectivity index (χ2n) is 5.45. The number of aromatic nitrogens is 2. The minimum Gasteiger partial charge on any atom is -0.231 e. The zero-order valence-corrected chi connectivity index (χ0v) is 14.8. The molecule has 0 saturated carbocycles. The molecule has 0 aliphatic carbocycles. The summed E-state index contributed by atoms with van der Waals surface area (Å²) in [5.41, 5.74) is 5.85. The Hall–Kier alpha value is -2.65. The monoisotopic (exact) mass is 421 g/mol. The molecule has 0 fully saturated rings. The Balaban J connectivity index is 1.93. The van der Waals surface area contributed by atoms with Gasteiger partial charge < -0.3 is 0 Å². The van der Waals surface area contributed by atoms with Gasteiger partial charge in [0.25, 0.3) is 0 Å². The Bertz CT molecular complexity index is 1060. The smallest absolute Gasteiger partial charge is 0.0991 e. The highest BCUT2D eigenvalue weighted by molar-refractivity contribution is 14.1. The number of halogens is 1. The van der Waals surface area contributed by atoms with Crippen molar-refractivity contribution in [3.05, 3.63) is 81.9 Å². The zero-order valence-electron chi connectivity index (χ0n) is 12.6. The van der Waals surface area contributed by atoms with Crippen LogP contribution in [0.3, 0.4) is 0 Å². The van der Waals surface area contributed by atoms with Crippen LogP contribution < -0.4 is 0 Å². The standard InChI is InChI=1S/C20H12IN3/c21-18-11-10-17-12-19(15-4-2-1-3-5-15)23-24(17)20(18)16-8-6-14(13-22)7-9-16/h1-12H. The molecule has 2 aromatic carbocycles. The topological polar surface area (TPSA) is 41.1 Å². The molecule has 3 nitrogen and oxygen atoms in total. The molecule has 114 valence electrons. The van der Waals surface area contributed by atoms with Crippen LogP contribution in [0.25, 0.3) is 28.0 Å². The van der Waals surface area contributed by atoms with Crippen LogP contribution in [0.1, 0.15) is 5.56 Å². The average molecular weight is 421 g/mol. The van der Waals surface area contributed by atoms with Crippen molar-refractivity contribution in [2.75, 3.05) is 0 Å². The third-order valence-corrected chi connectivity index (χ3v) is 4.80. The lowest BCUT2D eigenvalue weighted by Crippen LogP contribution is -1.97. The molecule has 0 bridgehead atoms. The quantitative estimate of drug-likeness (QED) is 0.421. The van der Waals surface area contributed by atoms with E-state index >= 15 is 0 Å². The molecule has 0 unspecified atom stereocenters. The summed E-state index contributed by atoms with van der Waals surface area (Å²) in [6, 6.07) is 26.2. The van der Waals surface area contributed by atoms with Gasteiger partial charge in [-0.3, -0.25) is 0 Å². The second kappa shape index (κ2) is 6.10. The van der Waals surface area contributed by atoms with Gasteiger partial charge in [0.2, 0.25) is 0 Å². The lowest BCUT2D eigenvalue weighted by molar-refractivity contribution is 0.969. The third-order valence-electron chi connectivity index (χ3n) is 3.93. The average Bonchev–Trinajstić information content (AvgIpc) is 3.07. The molecule has 4 rings (SSSR count). The van der Waals surface area contributed by atoms with Gasteiger partial charge in [0.05, 0.1) is 28.5 Å². The Morgan fingerprint density at radius 3 is 2.33 bits per heavy atom. The molecule has 4 heteroatoms. The van der Waals surface area contributed by atoms with Gasteiger partial charge in [-0.1, -0.05) is 42.5 Å². The number of rotatable bonds is 2. The van der Waals surface area contributed by atoms with E-state index in [4.69, 9.17) is 10.4 Å². The molecule has 0 radical (unpaired) electrons. The molecule has 0 N–H and O–H groups in total. The lowest BCUT2D eigenvalue weighted by atomic mass is 10.1. The van der Waals surface area contributed by atoms with Gasteiger partial charge in [-0.2, -0.15) is 10.4 Å². The Kier molecular flexibility index (Phi) is 3.79. The van der Waals surface area contributed by atoms with Crippen molar-refractivity contribution in [1.29, 1.82) is 5.26 Å². The molecule has 0 amide bonds. The zero-order chi connectivity index (χ0) is 16.5. The van der Waals surface area contributed by atoms with Crippen LogP contribution in [-0.4, -0.2) is 9.61 Å². The fourth-order valence-electron chi connectivity index (χ4n) is 2.74. The molecular weight excluding hydrogens is 409 g/mol. The first-order chi connectivity index (χ1) is 11.8. The first-order valence-electron chi connectivity index (χ1n) is 7.50. The fourth-order valence-corrected chi connectivity index (χ4v) is 3.46. The van der Waals surface area contributed by atoms with E-state index in [1.165, 1.54) is 0 Å². The summed E-state index contributed by atoms with van der Waals surface area (Å²) in [6.07, 6.45) is 0. The highest BCUT2D eigenvalue weighted by atomic mass is 127. The summed E-state index contributed by atoms with van der Waals surface area (Å²) in [6.45, 7) is 0. The number of nitriles is 1. The number of hydrogen-bond donors (Lipinski definition) is 0. The highest BCUT2D eigenvalue weighted by Crippen LogP contribution is 2.29. The molecule has 4 aromatic rings. The van der Waals surface area contributed by atoms with Crippen LogP contribution in [-0.2, 0) is 0 Å². The van der Waals surface area contributed by atoms with Crippen LogP contribution >= 0.6 is 22.6 Å². The van der Waals surface area contributed by atoms with Crippen molar-refractivity contribution in [3.8, 4) is 28.6 Å². The van der Waals surface area contributed by atoms with Gasteiger partial charge in [-0.05, 0) is 52.9 Å². The normalized spacial score (nSPS) is 10.7. The van der Waals surface area contributed by atoms with Crippen molar-refractivity contribution < 1.29 is 0 Å². The van der Waals surface area contributed by atoms with Gasteiger partial charge in [-0.25, -0.2) is 4.52 Å². The molecule has 2 heterocycles. The first-order valence-corrected chi connectivity index (χ1v) is 8.58. The van der Waals surface area contributed by atoms with E-state index in [0.29, 0.717) is 5.56 Å². The predicted molar refractivity (Wildman–Crippen MR) is 103 cm³/mol. The van der Waals surface area contributed by atoms with E-state index in [1.54, 1.807) is 0 Å². The Labute approximate surface area is 153 Å². The van der Waals surface area contributed by atoms with Crippen LogP contribution in [0.2, 0.25) is 0 Å². The number of nitrogens with zero attached hydrogens (tertiary/aromatic N) is 3. The first kappa shape index (κ1) is 14.9. The number of benzene rings is 2. The van der Waals surface area contributed by atoms with Crippen LogP contribution in [0.15, 0.2) is 72.8 Å². The summed E-state index contributed by atoms with van der Waals surface area (Å²) >= 11 is 2.33. The summed E-state index contributed by atoms with van der Waals surface area (Å²) in [7, 11) is 0. The van der Waals surface area contributed by atoms with E-state index in [9.17, 15) is 0 Å². The summed E-state index contributed by atoms with van der Waals surface area (Å²) < 4.78 is 3.10. The molecule has 0 spiro atoms. The third kappa shape index (κ3) is 2.57. The van der Waals surface area contributed by atoms with Gasteiger partial charge in [0.1, 0.15) is 0 Å². The van der Waals surface area contributed by atoms with Gasteiger partial charge in [0.15, 0.2) is 0 Å². The van der Waals surface area contributed by atoms with Gasteiger partial charge in [0, 0.05) is 14.7 Å². The van der Waals surface area contributed by atoms with E-state index in [0.717, 1.165) is 31.6 Å². The maximum Gasteiger partial charge on any atom is 0.0991 e. The van der Waals surface area contributed by atoms with E-state index < -0.39 is 0 Å². The minimum absolute atomic E-state index is 0.659. The van der Waals surface area contributed by atoms with E-state index in [2.05, 4.69) is 59.0 Å². The Morgan fingerprint density at radius 1 is 0.875 bits per heavy atom. The van der Waals surface area contributed by atoms with Crippen LogP contribution in [0.4, 0.5) is 0 Å². The van der Waals surface area contributed by atoms with Crippen molar-refractivity contribution in [1.82, 2.24) is 9.61 Å². The van der Waals surface area contributed by atoms with Crippen molar-refractivity contribution in [2.45, 2.75) is 0 Å². The molecule has 0 atom stereocenters. The minimum atomic E-state index is 0.659. The highest BCUT2D eigenvalue weighted by Gasteiger charge is 2.12. The molecular formula is C20H12IN3. The van der Waals surface area contributed by atoms with Gasteiger partial charge in [-0.15, -0.1) is 0 Å². The predicted octanol–water partition coefficient (Wildman–Crippen LogP) is 5.14. The number of hydrogen-bond acceptors (Lipinski definition) is 2. The van der Waals surface area contributed by atoms with Crippen molar-refractivity contribution >= 4 is 28.1 Å². The fraction of sp³-hybridized carbons (Fsp3) is 0. The lowest BCUT2D eigenvalue weighted by Gasteiger charge is -2.08. The molecule has 0 aliphatic rings. The summed E-state index contributed by atoms with van der Waals surface area (Å²) in [5, 5.41) is 13.8. The van der Waals surface area contributed by atoms with E-state index in [1.807, 2.05) is 47.0 Å². The van der Waals surface area contributed by atoms with Gasteiger partial charge >= 0.3 is 0 Å². The number of fused-ring (bicyclic) bond motifs is 1. The molecule has 0 aliphatic heterocycles. The van der Waals surface area contributed by atoms with E-state index in [-0.39, 0.29) is 0 Å². The largest absolute Gasteiger partial charge is 0.231 e. The summed E-state index contributed by atoms with van der Waals surface area (Å²) in [5.74, 6) is 0. The molecule has 2 aromatic heterocycles. The molecule has 0 saturated heterocycles. The SMILES string of the molecule is N#Cc1ccc(-c2c(I)ccc3cc(-c4ccccc4)nn23)cc1. The number of pyridine rings is 1.